The lowest BCUT2D eigenvalue weighted by Crippen LogP contribution is -2.44. The van der Waals surface area contributed by atoms with Crippen LogP contribution in [0.15, 0.2) is 17.6 Å². The van der Waals surface area contributed by atoms with Gasteiger partial charge in [0, 0.05) is 16.7 Å². The first kappa shape index (κ1) is 17.5. The van der Waals surface area contributed by atoms with Crippen LogP contribution in [0.25, 0.3) is 21.5 Å². The fraction of sp³-hybridized carbons (Fsp3) is 0.533. The Balaban J connectivity index is 1.88. The summed E-state index contributed by atoms with van der Waals surface area (Å²) < 4.78 is 11.8. The molecule has 0 saturated carbocycles. The average molecular weight is 375 g/mol. The number of carboxylic acid groups (broad SMARTS) is 1. The van der Waals surface area contributed by atoms with E-state index in [-0.39, 0.29) is 5.82 Å². The zero-order chi connectivity index (χ0) is 19.3. The Morgan fingerprint density at radius 1 is 1.44 bits per heavy atom. The number of fused-ring (bicyclic) bond motifs is 2. The lowest BCUT2D eigenvalue weighted by atomic mass is 10.0. The van der Waals surface area contributed by atoms with Gasteiger partial charge in [0.2, 0.25) is 0 Å². The molecule has 0 aromatic carbocycles. The lowest BCUT2D eigenvalue weighted by Gasteiger charge is -2.31. The Morgan fingerprint density at radius 2 is 2.19 bits per heavy atom. The van der Waals surface area contributed by atoms with Gasteiger partial charge in [-0.15, -0.1) is 0 Å². The van der Waals surface area contributed by atoms with Gasteiger partial charge < -0.3 is 24.7 Å². The van der Waals surface area contributed by atoms with E-state index in [0.717, 1.165) is 4.90 Å². The molecule has 3 N–H and O–H groups in total. The van der Waals surface area contributed by atoms with E-state index >= 15 is 0 Å². The number of hydrogen-bond donors (Lipinski definition) is 3. The van der Waals surface area contributed by atoms with Crippen LogP contribution in [0.3, 0.4) is 0 Å². The number of hydrogen-bond acceptors (Lipinski definition) is 7. The van der Waals surface area contributed by atoms with Crippen LogP contribution in [0.1, 0.15) is 25.5 Å². The number of rotatable bonds is 3. The zero-order valence-electron chi connectivity index (χ0n) is 14.5. The first-order valence-corrected chi connectivity index (χ1v) is 8.23. The maximum absolute atomic E-state index is 12.0. The number of nitrogens with one attached hydrogen (secondary N) is 1. The third kappa shape index (κ3) is 2.58. The van der Waals surface area contributed by atoms with Crippen LogP contribution in [0, 0.1) is 0 Å². The highest BCUT2D eigenvalue weighted by Crippen LogP contribution is 2.48. The summed E-state index contributed by atoms with van der Waals surface area (Å²) in [4.78, 5) is 26.9. The first-order valence-electron chi connectivity index (χ1n) is 8.23. The molecule has 4 unspecified atom stereocenters. The number of amides is 1. The lowest BCUT2D eigenvalue weighted by molar-refractivity contribution is -0.167. The highest BCUT2D eigenvalue weighted by Gasteiger charge is 2.60. The van der Waals surface area contributed by atoms with Gasteiger partial charge in [0.1, 0.15) is 18.5 Å². The summed E-state index contributed by atoms with van der Waals surface area (Å²) in [5.74, 6) is -0.809. The minimum Gasteiger partial charge on any atom is -0.465 e. The molecule has 12 heteroatoms. The maximum atomic E-state index is 12.0. The number of carbonyl (C=O) groups is 1. The number of aromatic nitrogens is 3. The largest absolute Gasteiger partial charge is 0.465 e. The van der Waals surface area contributed by atoms with Gasteiger partial charge in [0.25, 0.3) is 0 Å². The van der Waals surface area contributed by atoms with Crippen molar-refractivity contribution in [1.29, 1.82) is 0 Å². The van der Waals surface area contributed by atoms with Crippen molar-refractivity contribution in [2.45, 2.75) is 43.9 Å². The molecule has 0 bridgehead atoms. The molecule has 0 radical (unpaired) electrons. The summed E-state index contributed by atoms with van der Waals surface area (Å²) in [5.41, 5.74) is 10.0. The number of H-pyrrole nitrogens is 1. The van der Waals surface area contributed by atoms with E-state index in [9.17, 15) is 15.0 Å². The summed E-state index contributed by atoms with van der Waals surface area (Å²) in [5, 5.41) is 23.1. The summed E-state index contributed by atoms with van der Waals surface area (Å²) >= 11 is 0. The number of aromatic amines is 1. The predicted molar refractivity (Wildman–Crippen MR) is 90.0 cm³/mol. The van der Waals surface area contributed by atoms with E-state index in [1.807, 2.05) is 0 Å². The molecule has 1 amide bonds. The van der Waals surface area contributed by atoms with E-state index in [4.69, 9.17) is 15.0 Å². The van der Waals surface area contributed by atoms with Crippen LogP contribution >= 0.6 is 0 Å². The number of likely N-dealkylation sites (tertiary alicyclic amines) is 1. The van der Waals surface area contributed by atoms with E-state index < -0.39 is 42.8 Å². The molecular weight excluding hydrogens is 358 g/mol. The standard InChI is InChI=1S/C15H17N7O5/c1-15(2)26-11-7(4-23)22(14(24)25)10(12(11)27-15)6-3-17-9-8(6)18-5-19-13(9)20-21-16/h3,5,7,10-12,17,23H,4H2,1-2H3,(H,24,25). The molecule has 4 atom stereocenters. The number of aliphatic hydroxyl groups excluding tert-OH is 1. The fourth-order valence-electron chi connectivity index (χ4n) is 3.95. The Labute approximate surface area is 152 Å². The van der Waals surface area contributed by atoms with Gasteiger partial charge in [-0.25, -0.2) is 14.8 Å². The second kappa shape index (κ2) is 6.06. The van der Waals surface area contributed by atoms with Crippen molar-refractivity contribution in [2.75, 3.05) is 6.61 Å². The Kier molecular flexibility index (Phi) is 3.93. The summed E-state index contributed by atoms with van der Waals surface area (Å²) in [6.07, 6.45) is 0.347. The topological polar surface area (TPSA) is 170 Å². The molecule has 12 nitrogen and oxygen atoms in total. The molecule has 4 heterocycles. The molecule has 0 spiro atoms. The number of azide groups is 1. The monoisotopic (exact) mass is 375 g/mol. The van der Waals surface area contributed by atoms with Gasteiger partial charge >= 0.3 is 6.09 Å². The molecule has 2 fully saturated rings. The number of ether oxygens (including phenoxy) is 2. The normalized spacial score (nSPS) is 28.9. The minimum absolute atomic E-state index is 0.104. The third-order valence-corrected chi connectivity index (χ3v) is 4.85. The SMILES string of the molecule is CC1(C)OC2C(O1)C(c1c[nH]c3c(N=[N+]=[N-])ncnc13)N(C(=O)O)C2CO. The highest BCUT2D eigenvalue weighted by molar-refractivity contribution is 5.87. The van der Waals surface area contributed by atoms with Gasteiger partial charge in [-0.1, -0.05) is 0 Å². The van der Waals surface area contributed by atoms with Gasteiger partial charge in [-0.3, -0.25) is 4.90 Å². The van der Waals surface area contributed by atoms with Crippen LogP contribution < -0.4 is 0 Å². The van der Waals surface area contributed by atoms with Crippen molar-refractivity contribution in [3.8, 4) is 0 Å². The van der Waals surface area contributed by atoms with Gasteiger partial charge in [0.05, 0.1) is 29.7 Å². The number of nitrogens with zero attached hydrogens (tertiary/aromatic N) is 6. The summed E-state index contributed by atoms with van der Waals surface area (Å²) in [6.45, 7) is 3.06. The molecule has 2 aromatic heterocycles. The number of aliphatic hydroxyl groups is 1. The molecule has 2 aliphatic rings. The van der Waals surface area contributed by atoms with Crippen LogP contribution in [-0.2, 0) is 9.47 Å². The summed E-state index contributed by atoms with van der Waals surface area (Å²) in [6, 6.07) is -1.56. The smallest absolute Gasteiger partial charge is 0.408 e. The minimum atomic E-state index is -1.21. The van der Waals surface area contributed by atoms with Crippen molar-refractivity contribution in [3.63, 3.8) is 0 Å². The van der Waals surface area contributed by atoms with Crippen molar-refractivity contribution in [2.24, 2.45) is 5.11 Å². The Morgan fingerprint density at radius 3 is 2.85 bits per heavy atom. The molecule has 142 valence electrons. The maximum Gasteiger partial charge on any atom is 0.408 e. The predicted octanol–water partition coefficient (Wildman–Crippen LogP) is 1.82. The van der Waals surface area contributed by atoms with Crippen LogP contribution in [0.2, 0.25) is 0 Å². The van der Waals surface area contributed by atoms with Crippen LogP contribution in [0.5, 0.6) is 0 Å². The average Bonchev–Trinajstić information content (AvgIpc) is 3.24. The first-order chi connectivity index (χ1) is 12.9. The molecular formula is C15H17N7O5. The van der Waals surface area contributed by atoms with Crippen LogP contribution in [0.4, 0.5) is 10.6 Å². The molecule has 2 aliphatic heterocycles. The van der Waals surface area contributed by atoms with Gasteiger partial charge in [-0.05, 0) is 24.5 Å². The molecule has 27 heavy (non-hydrogen) atoms. The Hall–Kier alpha value is -2.92. The zero-order valence-corrected chi connectivity index (χ0v) is 14.5. The molecule has 4 rings (SSSR count). The van der Waals surface area contributed by atoms with Crippen LogP contribution in [-0.4, -0.2) is 66.8 Å². The molecule has 2 saturated heterocycles. The quantitative estimate of drug-likeness (QED) is 0.417. The van der Waals surface area contributed by atoms with Crippen molar-refractivity contribution in [1.82, 2.24) is 19.9 Å². The van der Waals surface area contributed by atoms with E-state index in [1.165, 1.54) is 6.33 Å². The third-order valence-electron chi connectivity index (χ3n) is 4.85. The second-order valence-corrected chi connectivity index (χ2v) is 6.80. The van der Waals surface area contributed by atoms with Crippen molar-refractivity contribution < 1.29 is 24.5 Å². The molecule has 0 aliphatic carbocycles. The van der Waals surface area contributed by atoms with Gasteiger partial charge in [-0.2, -0.15) is 0 Å². The Bertz CT molecular complexity index is 953. The van der Waals surface area contributed by atoms with Gasteiger partial charge in [0.15, 0.2) is 11.6 Å². The van der Waals surface area contributed by atoms with E-state index in [1.54, 1.807) is 20.0 Å². The van der Waals surface area contributed by atoms with Crippen molar-refractivity contribution in [3.05, 3.63) is 28.5 Å². The van der Waals surface area contributed by atoms with Crippen molar-refractivity contribution >= 4 is 22.9 Å². The molecule has 2 aromatic rings. The highest BCUT2D eigenvalue weighted by atomic mass is 16.8. The summed E-state index contributed by atoms with van der Waals surface area (Å²) in [7, 11) is 0. The fourth-order valence-corrected chi connectivity index (χ4v) is 3.95. The second-order valence-electron chi connectivity index (χ2n) is 6.80. The van der Waals surface area contributed by atoms with E-state index in [0.29, 0.717) is 16.6 Å². The van der Waals surface area contributed by atoms with E-state index in [2.05, 4.69) is 25.0 Å².